The largest absolute Gasteiger partial charge is 0.396 e. The first-order valence-electron chi connectivity index (χ1n) is 8.04. The highest BCUT2D eigenvalue weighted by molar-refractivity contribution is 5.75. The monoisotopic (exact) mass is 304 g/mol. The molecule has 0 radical (unpaired) electrons. The number of nitrogens with zero attached hydrogens (tertiary/aromatic N) is 1. The topological polar surface area (TPSA) is 52.6 Å². The molecule has 4 nitrogen and oxygen atoms in total. The summed E-state index contributed by atoms with van der Waals surface area (Å²) in [4.78, 5) is 14.4. The van der Waals surface area contributed by atoms with Crippen LogP contribution in [0.5, 0.6) is 0 Å². The van der Waals surface area contributed by atoms with E-state index >= 15 is 0 Å². The summed E-state index contributed by atoms with van der Waals surface area (Å²) in [5.41, 5.74) is 2.29. The zero-order chi connectivity index (χ0) is 16.3. The summed E-state index contributed by atoms with van der Waals surface area (Å²) in [7, 11) is 0. The van der Waals surface area contributed by atoms with Crippen molar-refractivity contribution in [3.05, 3.63) is 35.4 Å². The molecule has 0 saturated carbocycles. The maximum Gasteiger partial charge on any atom is 0.317 e. The molecule has 0 bridgehead atoms. The minimum atomic E-state index is -0.0716. The first-order chi connectivity index (χ1) is 10.3. The van der Waals surface area contributed by atoms with Crippen LogP contribution in [-0.2, 0) is 0 Å². The third-order valence-corrected chi connectivity index (χ3v) is 4.46. The Bertz CT molecular complexity index is 522. The van der Waals surface area contributed by atoms with Crippen molar-refractivity contribution in [1.82, 2.24) is 10.2 Å². The van der Waals surface area contributed by atoms with Gasteiger partial charge in [0.15, 0.2) is 0 Å². The molecular formula is C18H28N2O2. The highest BCUT2D eigenvalue weighted by atomic mass is 16.3. The first-order valence-corrected chi connectivity index (χ1v) is 8.04. The lowest BCUT2D eigenvalue weighted by atomic mass is 9.81. The number of carbonyl (C=O) groups is 1. The maximum atomic E-state index is 12.6. The summed E-state index contributed by atoms with van der Waals surface area (Å²) in [6.07, 6.45) is 0.883. The molecule has 2 amide bonds. The molecule has 22 heavy (non-hydrogen) atoms. The van der Waals surface area contributed by atoms with Crippen molar-refractivity contribution in [2.45, 2.75) is 40.2 Å². The molecule has 1 saturated heterocycles. The standard InChI is InChI=1S/C18H28N2O2/c1-13-7-5-6-8-15(13)16(18(2,3)4)19-17(22)20-10-9-14(11-20)12-21/h5-8,14,16,21H,9-12H2,1-4H3,(H,19,22). The third kappa shape index (κ3) is 3.80. The number of hydrogen-bond acceptors (Lipinski definition) is 2. The quantitative estimate of drug-likeness (QED) is 0.901. The highest BCUT2D eigenvalue weighted by Crippen LogP contribution is 2.34. The highest BCUT2D eigenvalue weighted by Gasteiger charge is 2.32. The summed E-state index contributed by atoms with van der Waals surface area (Å²) in [5, 5.41) is 12.4. The van der Waals surface area contributed by atoms with Crippen LogP contribution in [0.15, 0.2) is 24.3 Å². The van der Waals surface area contributed by atoms with Gasteiger partial charge in [0, 0.05) is 25.6 Å². The fourth-order valence-corrected chi connectivity index (χ4v) is 3.05. The zero-order valence-corrected chi connectivity index (χ0v) is 14.1. The fourth-order valence-electron chi connectivity index (χ4n) is 3.05. The van der Waals surface area contributed by atoms with Gasteiger partial charge in [-0.1, -0.05) is 45.0 Å². The molecule has 122 valence electrons. The normalized spacial score (nSPS) is 20.0. The van der Waals surface area contributed by atoms with Crippen LogP contribution in [0.2, 0.25) is 0 Å². The van der Waals surface area contributed by atoms with Crippen molar-refractivity contribution in [3.8, 4) is 0 Å². The van der Waals surface area contributed by atoms with Crippen molar-refractivity contribution in [2.75, 3.05) is 19.7 Å². The average molecular weight is 304 g/mol. The Kier molecular flexibility index (Phi) is 5.12. The van der Waals surface area contributed by atoms with Gasteiger partial charge in [0.2, 0.25) is 0 Å². The van der Waals surface area contributed by atoms with Gasteiger partial charge >= 0.3 is 6.03 Å². The second kappa shape index (κ2) is 6.69. The molecule has 2 N–H and O–H groups in total. The van der Waals surface area contributed by atoms with Crippen molar-refractivity contribution in [2.24, 2.45) is 11.3 Å². The average Bonchev–Trinajstić information content (AvgIpc) is 2.93. The molecule has 1 aromatic carbocycles. The summed E-state index contributed by atoms with van der Waals surface area (Å²) < 4.78 is 0. The predicted octanol–water partition coefficient (Wildman–Crippen LogP) is 3.11. The van der Waals surface area contributed by atoms with Gasteiger partial charge in [0.05, 0.1) is 6.04 Å². The fraction of sp³-hybridized carbons (Fsp3) is 0.611. The van der Waals surface area contributed by atoms with E-state index in [-0.39, 0.29) is 30.0 Å². The number of carbonyl (C=O) groups excluding carboxylic acids is 1. The number of benzene rings is 1. The molecule has 0 aromatic heterocycles. The van der Waals surface area contributed by atoms with Gasteiger partial charge < -0.3 is 15.3 Å². The molecule has 1 aliphatic rings. The van der Waals surface area contributed by atoms with Crippen molar-refractivity contribution < 1.29 is 9.90 Å². The molecule has 1 heterocycles. The van der Waals surface area contributed by atoms with Gasteiger partial charge in [-0.05, 0) is 29.9 Å². The molecule has 2 rings (SSSR count). The smallest absolute Gasteiger partial charge is 0.317 e. The van der Waals surface area contributed by atoms with Crippen LogP contribution >= 0.6 is 0 Å². The first kappa shape index (κ1) is 16.8. The maximum absolute atomic E-state index is 12.6. The minimum Gasteiger partial charge on any atom is -0.396 e. The lowest BCUT2D eigenvalue weighted by molar-refractivity contribution is 0.182. The Labute approximate surface area is 133 Å². The van der Waals surface area contributed by atoms with Crippen LogP contribution in [0, 0.1) is 18.3 Å². The van der Waals surface area contributed by atoms with E-state index < -0.39 is 0 Å². The number of urea groups is 1. The van der Waals surface area contributed by atoms with Crippen molar-refractivity contribution in [3.63, 3.8) is 0 Å². The van der Waals surface area contributed by atoms with Crippen molar-refractivity contribution in [1.29, 1.82) is 0 Å². The number of aliphatic hydroxyl groups excluding tert-OH is 1. The SMILES string of the molecule is Cc1ccccc1C(NC(=O)N1CCC(CO)C1)C(C)(C)C. The predicted molar refractivity (Wildman–Crippen MR) is 88.7 cm³/mol. The molecule has 4 heteroatoms. The van der Waals surface area contributed by atoms with Crippen LogP contribution in [-0.4, -0.2) is 35.7 Å². The molecule has 2 atom stereocenters. The van der Waals surface area contributed by atoms with Crippen LogP contribution < -0.4 is 5.32 Å². The van der Waals surface area contributed by atoms with Crippen LogP contribution in [0.1, 0.15) is 44.4 Å². The van der Waals surface area contributed by atoms with E-state index in [4.69, 9.17) is 0 Å². The molecule has 0 aliphatic carbocycles. The van der Waals surface area contributed by atoms with Crippen LogP contribution in [0.3, 0.4) is 0 Å². The van der Waals surface area contributed by atoms with E-state index in [2.05, 4.69) is 45.1 Å². The number of aliphatic hydroxyl groups is 1. The lowest BCUT2D eigenvalue weighted by Gasteiger charge is -2.34. The van der Waals surface area contributed by atoms with Gasteiger partial charge in [0.1, 0.15) is 0 Å². The number of aryl methyl sites for hydroxylation is 1. The third-order valence-electron chi connectivity index (χ3n) is 4.46. The van der Waals surface area contributed by atoms with Crippen LogP contribution in [0.25, 0.3) is 0 Å². The number of amides is 2. The van der Waals surface area contributed by atoms with Crippen LogP contribution in [0.4, 0.5) is 4.79 Å². The molecule has 1 aromatic rings. The number of rotatable bonds is 3. The van der Waals surface area contributed by atoms with Gasteiger partial charge in [-0.2, -0.15) is 0 Å². The van der Waals surface area contributed by atoms with E-state index in [9.17, 15) is 9.90 Å². The van der Waals surface area contributed by atoms with Gasteiger partial charge in [-0.3, -0.25) is 0 Å². The van der Waals surface area contributed by atoms with E-state index in [0.29, 0.717) is 6.54 Å². The number of hydrogen-bond donors (Lipinski definition) is 2. The van der Waals surface area contributed by atoms with E-state index in [0.717, 1.165) is 13.0 Å². The Hall–Kier alpha value is -1.55. The molecule has 0 spiro atoms. The van der Waals surface area contributed by atoms with Gasteiger partial charge in [-0.15, -0.1) is 0 Å². The second-order valence-electron chi connectivity index (χ2n) is 7.39. The molecule has 1 aliphatic heterocycles. The summed E-state index contributed by atoms with van der Waals surface area (Å²) in [5.74, 6) is 0.220. The lowest BCUT2D eigenvalue weighted by Crippen LogP contribution is -2.44. The van der Waals surface area contributed by atoms with Crippen molar-refractivity contribution >= 4 is 6.03 Å². The molecule has 1 fully saturated rings. The Morgan fingerprint density at radius 3 is 2.64 bits per heavy atom. The summed E-state index contributed by atoms with van der Waals surface area (Å²) in [6.45, 7) is 10.0. The Morgan fingerprint density at radius 2 is 2.09 bits per heavy atom. The molecule has 2 unspecified atom stereocenters. The van der Waals surface area contributed by atoms with Gasteiger partial charge in [0.25, 0.3) is 0 Å². The van der Waals surface area contributed by atoms with E-state index in [1.54, 1.807) is 0 Å². The summed E-state index contributed by atoms with van der Waals surface area (Å²) >= 11 is 0. The zero-order valence-electron chi connectivity index (χ0n) is 14.1. The van der Waals surface area contributed by atoms with Gasteiger partial charge in [-0.25, -0.2) is 4.79 Å². The number of nitrogens with one attached hydrogen (secondary N) is 1. The number of likely N-dealkylation sites (tertiary alicyclic amines) is 1. The Morgan fingerprint density at radius 1 is 1.41 bits per heavy atom. The Balaban J connectivity index is 2.15. The second-order valence-corrected chi connectivity index (χ2v) is 7.39. The molecular weight excluding hydrogens is 276 g/mol. The summed E-state index contributed by atoms with van der Waals surface area (Å²) in [6, 6.07) is 8.15. The van der Waals surface area contributed by atoms with E-state index in [1.807, 2.05) is 17.0 Å². The minimum absolute atomic E-state index is 0.0286. The van der Waals surface area contributed by atoms with E-state index in [1.165, 1.54) is 11.1 Å².